The van der Waals surface area contributed by atoms with Crippen LogP contribution in [0.1, 0.15) is 20.8 Å². The van der Waals surface area contributed by atoms with Crippen LogP contribution in [0.5, 0.6) is 0 Å². The van der Waals surface area contributed by atoms with Crippen molar-refractivity contribution >= 4 is 23.6 Å². The molecule has 0 heterocycles. The molecule has 0 saturated heterocycles. The topological polar surface area (TPSA) is 49.9 Å². The first-order valence-corrected chi connectivity index (χ1v) is 5.95. The summed E-state index contributed by atoms with van der Waals surface area (Å²) in [5, 5.41) is 0. The monoisotopic (exact) mass is 264 g/mol. The molecule has 0 atom stereocenters. The normalized spacial score (nSPS) is 10.9. The molecule has 0 rings (SSSR count). The number of likely N-dealkylation sites (N-methyl/N-ethyl adjacent to an activating group) is 2. The second-order valence-electron chi connectivity index (χ2n) is 4.85. The van der Waals surface area contributed by atoms with Gasteiger partial charge in [-0.1, -0.05) is 0 Å². The molecule has 0 saturated carbocycles. The number of ether oxygens (including phenoxy) is 1. The molecule has 0 aliphatic heterocycles. The van der Waals surface area contributed by atoms with Gasteiger partial charge in [0, 0.05) is 27.2 Å². The summed E-state index contributed by atoms with van der Waals surface area (Å²) in [4.78, 5) is 25.7. The summed E-state index contributed by atoms with van der Waals surface area (Å²) in [6.45, 7) is 6.26. The second kappa shape index (κ2) is 6.69. The fourth-order valence-electron chi connectivity index (χ4n) is 0.958. The van der Waals surface area contributed by atoms with Crippen molar-refractivity contribution in [2.24, 2.45) is 0 Å². The van der Waals surface area contributed by atoms with Gasteiger partial charge >= 0.3 is 6.09 Å². The van der Waals surface area contributed by atoms with E-state index < -0.39 is 11.7 Å². The maximum Gasteiger partial charge on any atom is 0.410 e. The van der Waals surface area contributed by atoms with E-state index >= 15 is 0 Å². The van der Waals surface area contributed by atoms with Gasteiger partial charge in [0.2, 0.25) is 5.91 Å². The number of rotatable bonds is 4. The van der Waals surface area contributed by atoms with Crippen LogP contribution in [-0.4, -0.2) is 60.5 Å². The van der Waals surface area contributed by atoms with Crippen molar-refractivity contribution in [3.05, 3.63) is 0 Å². The Labute approximate surface area is 108 Å². The van der Waals surface area contributed by atoms with E-state index in [1.807, 2.05) is 20.8 Å². The number of alkyl halides is 1. The molecular formula is C11H21ClN2O3. The lowest BCUT2D eigenvalue weighted by molar-refractivity contribution is -0.127. The third-order valence-electron chi connectivity index (χ3n) is 2.02. The molecule has 2 amide bonds. The molecule has 100 valence electrons. The summed E-state index contributed by atoms with van der Waals surface area (Å²) >= 11 is 5.42. The minimum Gasteiger partial charge on any atom is -0.444 e. The Morgan fingerprint density at radius 2 is 1.59 bits per heavy atom. The first kappa shape index (κ1) is 16.0. The number of hydrogen-bond acceptors (Lipinski definition) is 3. The lowest BCUT2D eigenvalue weighted by atomic mass is 10.2. The van der Waals surface area contributed by atoms with Crippen molar-refractivity contribution in [3.63, 3.8) is 0 Å². The molecule has 0 radical (unpaired) electrons. The van der Waals surface area contributed by atoms with Crippen LogP contribution >= 0.6 is 11.6 Å². The summed E-state index contributed by atoms with van der Waals surface area (Å²) in [7, 11) is 3.28. The van der Waals surface area contributed by atoms with Crippen LogP contribution in [0.15, 0.2) is 0 Å². The summed E-state index contributed by atoms with van der Waals surface area (Å²) in [5.74, 6) is -0.212. The van der Waals surface area contributed by atoms with Gasteiger partial charge in [-0.25, -0.2) is 4.79 Å². The highest BCUT2D eigenvalue weighted by atomic mass is 35.5. The summed E-state index contributed by atoms with van der Waals surface area (Å²) in [6.07, 6.45) is -0.399. The Morgan fingerprint density at radius 1 is 1.12 bits per heavy atom. The molecule has 0 aliphatic rings. The van der Waals surface area contributed by atoms with Crippen LogP contribution in [0.25, 0.3) is 0 Å². The fraction of sp³-hybridized carbons (Fsp3) is 0.818. The van der Waals surface area contributed by atoms with Crippen LogP contribution in [0.4, 0.5) is 4.79 Å². The van der Waals surface area contributed by atoms with Gasteiger partial charge in [0.05, 0.1) is 0 Å². The average molecular weight is 265 g/mol. The van der Waals surface area contributed by atoms with Gasteiger partial charge in [0.1, 0.15) is 11.5 Å². The second-order valence-corrected chi connectivity index (χ2v) is 5.12. The Hall–Kier alpha value is -0.970. The van der Waals surface area contributed by atoms with E-state index in [1.165, 1.54) is 9.80 Å². The summed E-state index contributed by atoms with van der Waals surface area (Å²) in [6, 6.07) is 0. The van der Waals surface area contributed by atoms with Gasteiger partial charge in [-0.2, -0.15) is 0 Å². The molecule has 17 heavy (non-hydrogen) atoms. The van der Waals surface area contributed by atoms with Crippen molar-refractivity contribution in [1.82, 2.24) is 9.80 Å². The smallest absolute Gasteiger partial charge is 0.410 e. The number of nitrogens with zero attached hydrogens (tertiary/aromatic N) is 2. The van der Waals surface area contributed by atoms with Crippen molar-refractivity contribution in [2.75, 3.05) is 33.1 Å². The quantitative estimate of drug-likeness (QED) is 0.724. The first-order valence-electron chi connectivity index (χ1n) is 5.41. The molecule has 0 aromatic carbocycles. The summed E-state index contributed by atoms with van der Waals surface area (Å²) in [5.41, 5.74) is -0.511. The van der Waals surface area contributed by atoms with E-state index in [2.05, 4.69) is 0 Å². The lowest BCUT2D eigenvalue weighted by Crippen LogP contribution is -2.40. The molecule has 6 heteroatoms. The van der Waals surface area contributed by atoms with Crippen molar-refractivity contribution < 1.29 is 14.3 Å². The van der Waals surface area contributed by atoms with E-state index in [0.717, 1.165) is 0 Å². The van der Waals surface area contributed by atoms with Crippen LogP contribution in [-0.2, 0) is 9.53 Å². The van der Waals surface area contributed by atoms with Crippen LogP contribution < -0.4 is 0 Å². The maximum absolute atomic E-state index is 11.6. The van der Waals surface area contributed by atoms with Crippen molar-refractivity contribution in [1.29, 1.82) is 0 Å². The van der Waals surface area contributed by atoms with E-state index in [9.17, 15) is 9.59 Å². The van der Waals surface area contributed by atoms with Gasteiger partial charge in [0.25, 0.3) is 0 Å². The highest BCUT2D eigenvalue weighted by Crippen LogP contribution is 2.08. The third-order valence-corrected chi connectivity index (χ3v) is 2.24. The van der Waals surface area contributed by atoms with Crippen LogP contribution in [0, 0.1) is 0 Å². The number of amides is 2. The SMILES string of the molecule is CN(CCN(C)C(=O)OC(C)(C)C)C(=O)CCl. The van der Waals surface area contributed by atoms with Crippen LogP contribution in [0.3, 0.4) is 0 Å². The maximum atomic E-state index is 11.6. The average Bonchev–Trinajstić information content (AvgIpc) is 2.21. The minimum atomic E-state index is -0.511. The molecular weight excluding hydrogens is 244 g/mol. The predicted molar refractivity (Wildman–Crippen MR) is 67.2 cm³/mol. The van der Waals surface area contributed by atoms with E-state index in [-0.39, 0.29) is 11.8 Å². The Bertz CT molecular complexity index is 276. The van der Waals surface area contributed by atoms with Gasteiger partial charge in [-0.05, 0) is 20.8 Å². The summed E-state index contributed by atoms with van der Waals surface area (Å²) < 4.78 is 5.18. The van der Waals surface area contributed by atoms with Crippen molar-refractivity contribution in [3.8, 4) is 0 Å². The fourth-order valence-corrected chi connectivity index (χ4v) is 1.16. The number of hydrogen-bond donors (Lipinski definition) is 0. The highest BCUT2D eigenvalue weighted by Gasteiger charge is 2.19. The Morgan fingerprint density at radius 3 is 2.00 bits per heavy atom. The zero-order valence-corrected chi connectivity index (χ0v) is 11.9. The zero-order chi connectivity index (χ0) is 13.6. The molecule has 0 aliphatic carbocycles. The van der Waals surface area contributed by atoms with E-state index in [4.69, 9.17) is 16.3 Å². The molecule has 5 nitrogen and oxygen atoms in total. The zero-order valence-electron chi connectivity index (χ0n) is 11.1. The Balaban J connectivity index is 4.06. The molecule has 0 fully saturated rings. The Kier molecular flexibility index (Phi) is 6.31. The largest absolute Gasteiger partial charge is 0.444 e. The van der Waals surface area contributed by atoms with Gasteiger partial charge in [-0.3, -0.25) is 4.79 Å². The number of halogens is 1. The minimum absolute atomic E-state index is 0.0490. The van der Waals surface area contributed by atoms with Crippen LogP contribution in [0.2, 0.25) is 0 Å². The van der Waals surface area contributed by atoms with Crippen molar-refractivity contribution in [2.45, 2.75) is 26.4 Å². The molecule has 0 aromatic rings. The van der Waals surface area contributed by atoms with Gasteiger partial charge in [0.15, 0.2) is 0 Å². The molecule has 0 N–H and O–H groups in total. The molecule has 0 aromatic heterocycles. The van der Waals surface area contributed by atoms with Gasteiger partial charge in [-0.15, -0.1) is 11.6 Å². The van der Waals surface area contributed by atoms with E-state index in [0.29, 0.717) is 13.1 Å². The molecule has 0 unspecified atom stereocenters. The number of carbonyl (C=O) groups excluding carboxylic acids is 2. The molecule has 0 spiro atoms. The molecule has 0 bridgehead atoms. The first-order chi connectivity index (χ1) is 7.67. The standard InChI is InChI=1S/C11H21ClN2O3/c1-11(2,3)17-10(16)14(5)7-6-13(4)9(15)8-12/h6-8H2,1-5H3. The predicted octanol–water partition coefficient (Wildman–Crippen LogP) is 1.55. The van der Waals surface area contributed by atoms with Gasteiger partial charge < -0.3 is 14.5 Å². The third kappa shape index (κ3) is 7.05. The van der Waals surface area contributed by atoms with E-state index in [1.54, 1.807) is 14.1 Å². The number of carbonyl (C=O) groups is 2. The lowest BCUT2D eigenvalue weighted by Gasteiger charge is -2.26. The highest BCUT2D eigenvalue weighted by molar-refractivity contribution is 6.27.